The first kappa shape index (κ1) is 21.7. The second-order valence-electron chi connectivity index (χ2n) is 6.66. The number of nitrogens with zero attached hydrogens (tertiary/aromatic N) is 3. The lowest BCUT2D eigenvalue weighted by Gasteiger charge is -2.09. The van der Waals surface area contributed by atoms with E-state index in [1.54, 1.807) is 35.0 Å². The van der Waals surface area contributed by atoms with Gasteiger partial charge in [-0.15, -0.1) is 16.4 Å². The van der Waals surface area contributed by atoms with Crippen molar-refractivity contribution in [2.24, 2.45) is 0 Å². The Bertz CT molecular complexity index is 1180. The van der Waals surface area contributed by atoms with Gasteiger partial charge in [0.05, 0.1) is 17.2 Å². The van der Waals surface area contributed by atoms with E-state index in [2.05, 4.69) is 15.4 Å². The first-order chi connectivity index (χ1) is 15.6. The number of aromatic nitrogens is 3. The van der Waals surface area contributed by atoms with E-state index < -0.39 is 0 Å². The maximum Gasteiger partial charge on any atom is 0.336 e. The van der Waals surface area contributed by atoms with Gasteiger partial charge < -0.3 is 14.8 Å². The van der Waals surface area contributed by atoms with E-state index in [0.717, 1.165) is 0 Å². The third-order valence-corrected chi connectivity index (χ3v) is 5.32. The van der Waals surface area contributed by atoms with Crippen molar-refractivity contribution in [1.82, 2.24) is 14.8 Å². The molecule has 2 aromatic heterocycles. The summed E-state index contributed by atoms with van der Waals surface area (Å²) < 4.78 is 26.0. The second-order valence-corrected chi connectivity index (χ2v) is 7.61. The van der Waals surface area contributed by atoms with Crippen LogP contribution in [-0.2, 0) is 4.74 Å². The quantitative estimate of drug-likeness (QED) is 0.369. The smallest absolute Gasteiger partial charge is 0.336 e. The monoisotopic (exact) mass is 452 g/mol. The lowest BCUT2D eigenvalue weighted by atomic mass is 10.2. The van der Waals surface area contributed by atoms with Gasteiger partial charge in [-0.3, -0.25) is 4.79 Å². The minimum atomic E-state index is -0.341. The predicted molar refractivity (Wildman–Crippen MR) is 121 cm³/mol. The Labute approximate surface area is 188 Å². The minimum Gasteiger partial charge on any atom is -0.460 e. The van der Waals surface area contributed by atoms with E-state index in [-0.39, 0.29) is 17.7 Å². The normalized spacial score (nSPS) is 10.8. The molecule has 1 amide bonds. The molecule has 4 aromatic rings. The van der Waals surface area contributed by atoms with Crippen LogP contribution >= 0.6 is 11.3 Å². The Kier molecular flexibility index (Phi) is 6.88. The maximum atomic E-state index is 13.4. The summed E-state index contributed by atoms with van der Waals surface area (Å²) in [6.45, 7) is 3.22. The molecule has 2 heterocycles. The fourth-order valence-electron chi connectivity index (χ4n) is 2.97. The van der Waals surface area contributed by atoms with Crippen molar-refractivity contribution < 1.29 is 18.7 Å². The van der Waals surface area contributed by atoms with Crippen molar-refractivity contribution in [1.29, 1.82) is 0 Å². The molecule has 164 valence electrons. The van der Waals surface area contributed by atoms with Crippen LogP contribution in [0.5, 0.6) is 6.01 Å². The number of carbonyl (C=O) groups excluding carboxylic acids is 1. The van der Waals surface area contributed by atoms with Gasteiger partial charge in [-0.2, -0.15) is 4.98 Å². The number of hydrogen-bond acceptors (Lipinski definition) is 6. The van der Waals surface area contributed by atoms with Crippen LogP contribution < -0.4 is 10.1 Å². The van der Waals surface area contributed by atoms with Crippen LogP contribution in [0.4, 0.5) is 10.1 Å². The SMILES string of the molecule is CCOCCOc1nc(-c2ccc(F)cc2)n(-c2cccc(NC(=O)c3cccs3)c2)n1. The van der Waals surface area contributed by atoms with E-state index in [4.69, 9.17) is 9.47 Å². The third kappa shape index (κ3) is 5.19. The zero-order valence-electron chi connectivity index (χ0n) is 17.3. The van der Waals surface area contributed by atoms with Crippen molar-refractivity contribution in [3.05, 3.63) is 76.7 Å². The number of anilines is 1. The number of rotatable bonds is 9. The van der Waals surface area contributed by atoms with E-state index in [1.165, 1.54) is 23.5 Å². The Morgan fingerprint density at radius 3 is 2.72 bits per heavy atom. The molecule has 9 heteroatoms. The zero-order chi connectivity index (χ0) is 22.3. The van der Waals surface area contributed by atoms with E-state index in [1.807, 2.05) is 30.5 Å². The fraction of sp³-hybridized carbons (Fsp3) is 0.174. The highest BCUT2D eigenvalue weighted by Crippen LogP contribution is 2.25. The van der Waals surface area contributed by atoms with E-state index in [0.29, 0.717) is 47.5 Å². The molecule has 0 atom stereocenters. The summed E-state index contributed by atoms with van der Waals surface area (Å²) in [6.07, 6.45) is 0. The van der Waals surface area contributed by atoms with Crippen molar-refractivity contribution in [2.75, 3.05) is 25.1 Å². The first-order valence-corrected chi connectivity index (χ1v) is 10.9. The number of benzene rings is 2. The molecule has 0 saturated heterocycles. The molecule has 0 unspecified atom stereocenters. The van der Waals surface area contributed by atoms with E-state index in [9.17, 15) is 9.18 Å². The van der Waals surface area contributed by atoms with Crippen LogP contribution in [0.1, 0.15) is 16.6 Å². The third-order valence-electron chi connectivity index (χ3n) is 4.45. The average molecular weight is 453 g/mol. The number of thiophene rings is 1. The Morgan fingerprint density at radius 2 is 1.97 bits per heavy atom. The summed E-state index contributed by atoms with van der Waals surface area (Å²) in [5, 5.41) is 9.21. The molecule has 0 saturated carbocycles. The molecule has 2 aromatic carbocycles. The highest BCUT2D eigenvalue weighted by atomic mass is 32.1. The molecule has 1 N–H and O–H groups in total. The van der Waals surface area contributed by atoms with E-state index >= 15 is 0 Å². The van der Waals surface area contributed by atoms with Gasteiger partial charge in [0.15, 0.2) is 5.82 Å². The number of halogens is 1. The Hall–Kier alpha value is -3.56. The number of nitrogens with one attached hydrogen (secondary N) is 1. The largest absolute Gasteiger partial charge is 0.460 e. The van der Waals surface area contributed by atoms with Gasteiger partial charge in [0.1, 0.15) is 12.4 Å². The van der Waals surface area contributed by atoms with Crippen LogP contribution in [0.25, 0.3) is 17.1 Å². The summed E-state index contributed by atoms with van der Waals surface area (Å²) in [4.78, 5) is 17.5. The molecule has 0 aliphatic heterocycles. The number of amides is 1. The molecule has 0 aliphatic carbocycles. The Balaban J connectivity index is 1.64. The molecule has 0 fully saturated rings. The van der Waals surface area contributed by atoms with Gasteiger partial charge in [0, 0.05) is 17.9 Å². The van der Waals surface area contributed by atoms with Crippen LogP contribution in [0, 0.1) is 5.82 Å². The van der Waals surface area contributed by atoms with Crippen molar-refractivity contribution >= 4 is 22.9 Å². The molecular weight excluding hydrogens is 431 g/mol. The molecule has 0 bridgehead atoms. The topological polar surface area (TPSA) is 78.3 Å². The van der Waals surface area contributed by atoms with Gasteiger partial charge in [-0.05, 0) is 60.8 Å². The van der Waals surface area contributed by atoms with Gasteiger partial charge in [-0.25, -0.2) is 9.07 Å². The molecule has 0 aliphatic rings. The van der Waals surface area contributed by atoms with Gasteiger partial charge in [0.2, 0.25) is 0 Å². The van der Waals surface area contributed by atoms with Crippen LogP contribution in [0.15, 0.2) is 66.0 Å². The van der Waals surface area contributed by atoms with Gasteiger partial charge in [0.25, 0.3) is 5.91 Å². The van der Waals surface area contributed by atoms with Gasteiger partial charge in [-0.1, -0.05) is 12.1 Å². The minimum absolute atomic E-state index is 0.178. The van der Waals surface area contributed by atoms with Crippen LogP contribution in [0.3, 0.4) is 0 Å². The summed E-state index contributed by atoms with van der Waals surface area (Å²) in [6, 6.07) is 17.0. The molecule has 32 heavy (non-hydrogen) atoms. The highest BCUT2D eigenvalue weighted by Gasteiger charge is 2.16. The summed E-state index contributed by atoms with van der Waals surface area (Å²) >= 11 is 1.37. The second kappa shape index (κ2) is 10.2. The summed E-state index contributed by atoms with van der Waals surface area (Å²) in [5.74, 6) is -0.0427. The fourth-order valence-corrected chi connectivity index (χ4v) is 3.59. The molecule has 0 radical (unpaired) electrons. The first-order valence-electron chi connectivity index (χ1n) is 10.0. The maximum absolute atomic E-state index is 13.4. The number of carbonyl (C=O) groups is 1. The highest BCUT2D eigenvalue weighted by molar-refractivity contribution is 7.12. The lowest BCUT2D eigenvalue weighted by Crippen LogP contribution is -2.10. The van der Waals surface area contributed by atoms with Crippen LogP contribution in [-0.4, -0.2) is 40.5 Å². The summed E-state index contributed by atoms with van der Waals surface area (Å²) in [5.41, 5.74) is 1.95. The predicted octanol–water partition coefficient (Wildman–Crippen LogP) is 4.80. The molecule has 4 rings (SSSR count). The van der Waals surface area contributed by atoms with Crippen LogP contribution in [0.2, 0.25) is 0 Å². The molecule has 0 spiro atoms. The van der Waals surface area contributed by atoms with Crippen molar-refractivity contribution in [3.63, 3.8) is 0 Å². The van der Waals surface area contributed by atoms with Crippen molar-refractivity contribution in [2.45, 2.75) is 6.92 Å². The number of ether oxygens (including phenoxy) is 2. The summed E-state index contributed by atoms with van der Waals surface area (Å²) in [7, 11) is 0. The van der Waals surface area contributed by atoms with Crippen molar-refractivity contribution in [3.8, 4) is 23.1 Å². The Morgan fingerprint density at radius 1 is 1.12 bits per heavy atom. The molecule has 7 nitrogen and oxygen atoms in total. The standard InChI is InChI=1S/C23H21FN4O3S/c1-2-30-12-13-31-23-26-21(16-8-10-17(24)11-9-16)28(27-23)19-6-3-5-18(15-19)25-22(29)20-7-4-14-32-20/h3-11,14-15H,2,12-13H2,1H3,(H,25,29). The lowest BCUT2D eigenvalue weighted by molar-refractivity contribution is 0.103. The van der Waals surface area contributed by atoms with Gasteiger partial charge >= 0.3 is 6.01 Å². The number of hydrogen-bond donors (Lipinski definition) is 1. The molecular formula is C23H21FN4O3S. The zero-order valence-corrected chi connectivity index (χ0v) is 18.1. The average Bonchev–Trinajstić information content (AvgIpc) is 3.48.